The second-order valence-electron chi connectivity index (χ2n) is 17.9. The van der Waals surface area contributed by atoms with Crippen molar-refractivity contribution in [1.29, 1.82) is 0 Å². The number of fused-ring (bicyclic) bond motifs is 19. The number of anilines is 3. The molecule has 1 atom stereocenters. The first-order valence-corrected chi connectivity index (χ1v) is 23.2. The molecule has 0 saturated heterocycles. The van der Waals surface area contributed by atoms with Gasteiger partial charge < -0.3 is 9.64 Å². The van der Waals surface area contributed by atoms with Crippen molar-refractivity contribution in [2.75, 3.05) is 4.90 Å². The lowest BCUT2D eigenvalue weighted by Gasteiger charge is -2.37. The minimum absolute atomic E-state index is 0.657. The number of rotatable bonds is 4. The van der Waals surface area contributed by atoms with Gasteiger partial charge in [-0.25, -0.2) is 0 Å². The largest absolute Gasteiger partial charge is 0.456 e. The molecule has 1 spiro atoms. The van der Waals surface area contributed by atoms with E-state index in [2.05, 4.69) is 254 Å². The fourth-order valence-electron chi connectivity index (χ4n) is 11.7. The summed E-state index contributed by atoms with van der Waals surface area (Å²) in [5.41, 5.74) is 22.0. The molecule has 1 aliphatic heterocycles. The van der Waals surface area contributed by atoms with Crippen molar-refractivity contribution in [2.45, 2.75) is 5.41 Å². The van der Waals surface area contributed by atoms with Crippen molar-refractivity contribution >= 4 is 27.8 Å². The molecule has 0 saturated carbocycles. The topological polar surface area (TPSA) is 12.5 Å². The van der Waals surface area contributed by atoms with Gasteiger partial charge in [-0.1, -0.05) is 206 Å². The third kappa shape index (κ3) is 5.45. The second kappa shape index (κ2) is 14.7. The standard InChI is InChI=1S/C65H41NO/c1-2-18-42(19-3-1)46-21-10-15-31-61(46)66(44-35-37-50-53-26-11-16-32-62(53)67-63-33-17-12-27-54(63)56(50)40-44)45-36-38-52-49-24-7-6-23-48(49)51-25-8-13-29-57(51)65(60(52)41-45)58-30-14-9-28-55(58)64-47-22-5-4-20-43(47)34-39-59(64)65/h1-41H. The van der Waals surface area contributed by atoms with E-state index in [1.165, 1.54) is 66.4 Å². The summed E-state index contributed by atoms with van der Waals surface area (Å²) in [5.74, 6) is 1.70. The van der Waals surface area contributed by atoms with Crippen molar-refractivity contribution in [3.63, 3.8) is 0 Å². The van der Waals surface area contributed by atoms with Gasteiger partial charge in [0.1, 0.15) is 11.5 Å². The summed E-state index contributed by atoms with van der Waals surface area (Å²) >= 11 is 0. The van der Waals surface area contributed by atoms with Crippen molar-refractivity contribution in [1.82, 2.24) is 0 Å². The van der Waals surface area contributed by atoms with Crippen LogP contribution in [0.2, 0.25) is 0 Å². The van der Waals surface area contributed by atoms with Crippen molar-refractivity contribution < 1.29 is 4.74 Å². The Bertz CT molecular complexity index is 3810. The summed E-state index contributed by atoms with van der Waals surface area (Å²) in [7, 11) is 0. The first-order valence-electron chi connectivity index (χ1n) is 23.2. The highest BCUT2D eigenvalue weighted by Crippen LogP contribution is 2.63. The molecule has 2 heteroatoms. The lowest BCUT2D eigenvalue weighted by atomic mass is 9.65. The van der Waals surface area contributed by atoms with Crippen LogP contribution in [0.1, 0.15) is 22.3 Å². The van der Waals surface area contributed by atoms with E-state index in [1.807, 2.05) is 0 Å². The Morgan fingerprint density at radius 1 is 0.299 bits per heavy atom. The molecule has 14 rings (SSSR count). The van der Waals surface area contributed by atoms with Gasteiger partial charge in [0.2, 0.25) is 0 Å². The van der Waals surface area contributed by atoms with E-state index in [-0.39, 0.29) is 0 Å². The van der Waals surface area contributed by atoms with Crippen LogP contribution in [-0.2, 0) is 5.41 Å². The number of hydrogen-bond acceptors (Lipinski definition) is 2. The maximum absolute atomic E-state index is 6.69. The highest BCUT2D eigenvalue weighted by Gasteiger charge is 2.50. The third-order valence-electron chi connectivity index (χ3n) is 14.5. The van der Waals surface area contributed by atoms with E-state index in [0.29, 0.717) is 0 Å². The van der Waals surface area contributed by atoms with Gasteiger partial charge in [0.15, 0.2) is 0 Å². The molecule has 11 aromatic rings. The molecule has 2 nitrogen and oxygen atoms in total. The van der Waals surface area contributed by atoms with E-state index >= 15 is 0 Å². The van der Waals surface area contributed by atoms with Gasteiger partial charge in [-0.3, -0.25) is 0 Å². The van der Waals surface area contributed by atoms with Gasteiger partial charge >= 0.3 is 0 Å². The average Bonchev–Trinajstić information content (AvgIpc) is 3.56. The highest BCUT2D eigenvalue weighted by molar-refractivity contribution is 6.07. The SMILES string of the molecule is c1ccc(-c2ccccc2N(c2ccc3c(c2)-c2ccccc2Oc2ccccc2-3)c2ccc3c(c2)C2(c4ccccc4-c4ccccc4-3)c3ccccc3-c3c2ccc2ccccc32)cc1. The third-order valence-corrected chi connectivity index (χ3v) is 14.5. The number of nitrogens with zero attached hydrogens (tertiary/aromatic N) is 1. The summed E-state index contributed by atoms with van der Waals surface area (Å²) in [5, 5.41) is 2.52. The maximum atomic E-state index is 6.69. The van der Waals surface area contributed by atoms with Gasteiger partial charge in [0, 0.05) is 28.1 Å². The average molecular weight is 852 g/mol. The minimum atomic E-state index is -0.657. The predicted molar refractivity (Wildman–Crippen MR) is 277 cm³/mol. The van der Waals surface area contributed by atoms with Crippen LogP contribution in [0.5, 0.6) is 11.5 Å². The Morgan fingerprint density at radius 3 is 1.55 bits per heavy atom. The number of benzene rings is 11. The molecule has 1 heterocycles. The van der Waals surface area contributed by atoms with Crippen molar-refractivity contribution in [3.05, 3.63) is 271 Å². The normalized spacial score (nSPS) is 14.4. The Kier molecular flexibility index (Phi) is 8.23. The fraction of sp³-hybridized carbons (Fsp3) is 0.0154. The van der Waals surface area contributed by atoms with Crippen LogP contribution in [0.4, 0.5) is 17.1 Å². The van der Waals surface area contributed by atoms with Crippen LogP contribution in [0, 0.1) is 0 Å². The summed E-state index contributed by atoms with van der Waals surface area (Å²) in [4.78, 5) is 2.49. The molecule has 0 fully saturated rings. The monoisotopic (exact) mass is 851 g/mol. The Morgan fingerprint density at radius 2 is 0.806 bits per heavy atom. The van der Waals surface area contributed by atoms with Gasteiger partial charge in [-0.2, -0.15) is 0 Å². The predicted octanol–water partition coefficient (Wildman–Crippen LogP) is 17.4. The van der Waals surface area contributed by atoms with Crippen molar-refractivity contribution in [2.24, 2.45) is 0 Å². The highest BCUT2D eigenvalue weighted by atomic mass is 16.5. The van der Waals surface area contributed by atoms with Gasteiger partial charge in [-0.05, 0) is 126 Å². The summed E-state index contributed by atoms with van der Waals surface area (Å²) in [6.45, 7) is 0. The molecular formula is C65H41NO. The van der Waals surface area contributed by atoms with Crippen molar-refractivity contribution in [3.8, 4) is 78.3 Å². The maximum Gasteiger partial charge on any atom is 0.135 e. The summed E-state index contributed by atoms with van der Waals surface area (Å²) in [6.07, 6.45) is 0. The summed E-state index contributed by atoms with van der Waals surface area (Å²) < 4.78 is 6.69. The van der Waals surface area contributed by atoms with Gasteiger partial charge in [-0.15, -0.1) is 0 Å². The molecule has 0 bridgehead atoms. The quantitative estimate of drug-likeness (QED) is 0.175. The fourth-order valence-corrected chi connectivity index (χ4v) is 11.7. The molecule has 0 amide bonds. The van der Waals surface area contributed by atoms with Crippen LogP contribution in [0.15, 0.2) is 249 Å². The molecule has 0 aromatic heterocycles. The van der Waals surface area contributed by atoms with E-state index in [4.69, 9.17) is 4.74 Å². The zero-order chi connectivity index (χ0) is 44.1. The lowest BCUT2D eigenvalue weighted by molar-refractivity contribution is 0.488. The summed E-state index contributed by atoms with van der Waals surface area (Å²) in [6, 6.07) is 91.7. The molecule has 1 unspecified atom stereocenters. The number of hydrogen-bond donors (Lipinski definition) is 0. The van der Waals surface area contributed by atoms with Crippen LogP contribution < -0.4 is 9.64 Å². The first-order chi connectivity index (χ1) is 33.3. The Hall–Kier alpha value is -8.72. The minimum Gasteiger partial charge on any atom is -0.456 e. The van der Waals surface area contributed by atoms with E-state index in [9.17, 15) is 0 Å². The van der Waals surface area contributed by atoms with E-state index < -0.39 is 5.41 Å². The van der Waals surface area contributed by atoms with E-state index in [1.54, 1.807) is 0 Å². The smallest absolute Gasteiger partial charge is 0.135 e. The molecule has 3 aliphatic rings. The molecule has 2 aliphatic carbocycles. The van der Waals surface area contributed by atoms with Gasteiger partial charge in [0.05, 0.1) is 11.1 Å². The number of para-hydroxylation sites is 3. The zero-order valence-corrected chi connectivity index (χ0v) is 36.5. The van der Waals surface area contributed by atoms with Crippen LogP contribution in [0.3, 0.4) is 0 Å². The zero-order valence-electron chi connectivity index (χ0n) is 36.5. The van der Waals surface area contributed by atoms with E-state index in [0.717, 1.165) is 61.9 Å². The van der Waals surface area contributed by atoms with Crippen LogP contribution in [0.25, 0.3) is 77.5 Å². The first kappa shape index (κ1) is 37.6. The van der Waals surface area contributed by atoms with Crippen LogP contribution in [-0.4, -0.2) is 0 Å². The molecular weight excluding hydrogens is 811 g/mol. The van der Waals surface area contributed by atoms with Crippen LogP contribution >= 0.6 is 0 Å². The molecule has 0 radical (unpaired) electrons. The number of ether oxygens (including phenoxy) is 1. The second-order valence-corrected chi connectivity index (χ2v) is 17.9. The molecule has 0 N–H and O–H groups in total. The van der Waals surface area contributed by atoms with Gasteiger partial charge in [0.25, 0.3) is 0 Å². The molecule has 67 heavy (non-hydrogen) atoms. The molecule has 312 valence electrons. The lowest BCUT2D eigenvalue weighted by Crippen LogP contribution is -2.29. The Balaban J connectivity index is 1.11. The molecule has 11 aromatic carbocycles. The Labute approximate surface area is 390 Å².